The first-order valence-corrected chi connectivity index (χ1v) is 8.37. The lowest BCUT2D eigenvalue weighted by Gasteiger charge is -2.19. The summed E-state index contributed by atoms with van der Waals surface area (Å²) in [6, 6.07) is 6.10. The maximum atomic E-state index is 12.2. The van der Waals surface area contributed by atoms with Gasteiger partial charge in [-0.25, -0.2) is 14.6 Å². The van der Waals surface area contributed by atoms with E-state index in [1.165, 1.54) is 11.0 Å². The second-order valence-corrected chi connectivity index (χ2v) is 6.41. The average Bonchev–Trinajstić information content (AvgIpc) is 3.35. The van der Waals surface area contributed by atoms with Crippen molar-refractivity contribution in [3.63, 3.8) is 0 Å². The van der Waals surface area contributed by atoms with Crippen LogP contribution >= 0.6 is 0 Å². The summed E-state index contributed by atoms with van der Waals surface area (Å²) in [4.78, 5) is 22.7. The van der Waals surface area contributed by atoms with Crippen LogP contribution in [0.5, 0.6) is 0 Å². The Balaban J connectivity index is 1.36. The van der Waals surface area contributed by atoms with Gasteiger partial charge in [0.15, 0.2) is 0 Å². The Kier molecular flexibility index (Phi) is 4.01. The van der Waals surface area contributed by atoms with Crippen molar-refractivity contribution < 1.29 is 4.79 Å². The molecule has 3 aromatic heterocycles. The van der Waals surface area contributed by atoms with Crippen LogP contribution in [0.3, 0.4) is 0 Å². The van der Waals surface area contributed by atoms with Crippen molar-refractivity contribution in [2.45, 2.75) is 19.0 Å². The van der Waals surface area contributed by atoms with Gasteiger partial charge < -0.3 is 14.8 Å². The fourth-order valence-corrected chi connectivity index (χ4v) is 3.27. The first kappa shape index (κ1) is 16.1. The van der Waals surface area contributed by atoms with Crippen LogP contribution in [0.2, 0.25) is 0 Å². The minimum Gasteiger partial charge on any atom is -0.368 e. The number of aryl methyl sites for hydroxylation is 1. The molecule has 0 aliphatic carbocycles. The Hall–Kier alpha value is -3.41. The zero-order valence-electron chi connectivity index (χ0n) is 14.3. The summed E-state index contributed by atoms with van der Waals surface area (Å²) in [6.45, 7) is 1.67. The van der Waals surface area contributed by atoms with E-state index in [4.69, 9.17) is 5.26 Å². The van der Waals surface area contributed by atoms with Gasteiger partial charge in [0.1, 0.15) is 24.6 Å². The molecule has 1 atom stereocenters. The molecule has 0 unspecified atom stereocenters. The maximum Gasteiger partial charge on any atom is 0.252 e. The molecule has 26 heavy (non-hydrogen) atoms. The predicted octanol–water partition coefficient (Wildman–Crippen LogP) is 0.432. The number of nitrogens with one attached hydrogen (secondary N) is 1. The van der Waals surface area contributed by atoms with Crippen LogP contribution in [0.25, 0.3) is 11.0 Å². The summed E-state index contributed by atoms with van der Waals surface area (Å²) in [7, 11) is 1.98. The second kappa shape index (κ2) is 6.48. The quantitative estimate of drug-likeness (QED) is 0.732. The van der Waals surface area contributed by atoms with E-state index < -0.39 is 0 Å². The van der Waals surface area contributed by atoms with E-state index in [2.05, 4.69) is 37.4 Å². The Labute approximate surface area is 149 Å². The molecular weight excluding hydrogens is 332 g/mol. The molecule has 3 aromatic rings. The van der Waals surface area contributed by atoms with Gasteiger partial charge in [0, 0.05) is 37.8 Å². The van der Waals surface area contributed by atoms with Crippen molar-refractivity contribution in [1.82, 2.24) is 29.6 Å². The van der Waals surface area contributed by atoms with Crippen molar-refractivity contribution in [1.29, 1.82) is 5.26 Å². The maximum absolute atomic E-state index is 12.2. The molecule has 9 heteroatoms. The largest absolute Gasteiger partial charge is 0.368 e. The molecule has 1 aliphatic rings. The van der Waals surface area contributed by atoms with Gasteiger partial charge in [-0.1, -0.05) is 0 Å². The van der Waals surface area contributed by atoms with Crippen LogP contribution in [0.15, 0.2) is 30.9 Å². The molecule has 1 N–H and O–H groups in total. The highest BCUT2D eigenvalue weighted by molar-refractivity contribution is 5.80. The van der Waals surface area contributed by atoms with E-state index in [0.29, 0.717) is 0 Å². The van der Waals surface area contributed by atoms with E-state index in [0.717, 1.165) is 36.2 Å². The number of aromatic nitrogens is 5. The summed E-state index contributed by atoms with van der Waals surface area (Å²) < 4.78 is 3.36. The van der Waals surface area contributed by atoms with E-state index in [1.54, 1.807) is 0 Å². The third-order valence-electron chi connectivity index (χ3n) is 4.55. The molecule has 0 aromatic carbocycles. The average molecular weight is 350 g/mol. The number of pyridine rings is 1. The van der Waals surface area contributed by atoms with E-state index >= 15 is 0 Å². The molecule has 1 fully saturated rings. The van der Waals surface area contributed by atoms with Gasteiger partial charge in [0.25, 0.3) is 5.82 Å². The predicted molar refractivity (Wildman–Crippen MR) is 94.2 cm³/mol. The second-order valence-electron chi connectivity index (χ2n) is 6.41. The first-order chi connectivity index (χ1) is 12.6. The highest BCUT2D eigenvalue weighted by Crippen LogP contribution is 2.23. The lowest BCUT2D eigenvalue weighted by atomic mass is 10.2. The molecule has 1 saturated heterocycles. The van der Waals surface area contributed by atoms with Crippen LogP contribution in [0, 0.1) is 11.3 Å². The highest BCUT2D eigenvalue weighted by atomic mass is 16.2. The van der Waals surface area contributed by atoms with Crippen molar-refractivity contribution in [2.24, 2.45) is 7.05 Å². The summed E-state index contributed by atoms with van der Waals surface area (Å²) in [5.41, 5.74) is 2.03. The molecule has 4 heterocycles. The third-order valence-corrected chi connectivity index (χ3v) is 4.55. The number of hydrogen-bond donors (Lipinski definition) is 1. The summed E-state index contributed by atoms with van der Waals surface area (Å²) >= 11 is 0. The molecule has 4 rings (SSSR count). The van der Waals surface area contributed by atoms with Crippen LogP contribution in [-0.4, -0.2) is 49.4 Å². The van der Waals surface area contributed by atoms with Gasteiger partial charge in [0.2, 0.25) is 5.91 Å². The molecule has 0 spiro atoms. The number of anilines is 1. The van der Waals surface area contributed by atoms with Gasteiger partial charge >= 0.3 is 0 Å². The van der Waals surface area contributed by atoms with Crippen molar-refractivity contribution in [3.8, 4) is 6.07 Å². The molecule has 1 amide bonds. The van der Waals surface area contributed by atoms with Crippen LogP contribution in [-0.2, 0) is 18.4 Å². The van der Waals surface area contributed by atoms with E-state index in [1.807, 2.05) is 30.1 Å². The molecule has 0 radical (unpaired) electrons. The van der Waals surface area contributed by atoms with Gasteiger partial charge in [-0.2, -0.15) is 5.26 Å². The van der Waals surface area contributed by atoms with Crippen LogP contribution in [0.4, 0.5) is 5.69 Å². The monoisotopic (exact) mass is 350 g/mol. The Morgan fingerprint density at radius 2 is 2.35 bits per heavy atom. The standard InChI is InChI=1S/C17H18N8O/c1-23-4-2-12-6-14(8-19-17(12)23)24-5-3-13(9-24)21-16(26)10-25-11-20-15(7-18)22-25/h2,4,6,8,11,13H,3,5,9-10H2,1H3,(H,21,26)/t13-/m0/s1. The zero-order valence-corrected chi connectivity index (χ0v) is 14.3. The van der Waals surface area contributed by atoms with Crippen LogP contribution in [0.1, 0.15) is 12.2 Å². The number of fused-ring (bicyclic) bond motifs is 1. The number of nitrogens with zero attached hydrogens (tertiary/aromatic N) is 7. The number of amides is 1. The SMILES string of the molecule is Cn1ccc2cc(N3CC[C@H](NC(=O)Cn4cnc(C#N)n4)C3)cnc21. The fourth-order valence-electron chi connectivity index (χ4n) is 3.27. The lowest BCUT2D eigenvalue weighted by molar-refractivity contribution is -0.122. The lowest BCUT2D eigenvalue weighted by Crippen LogP contribution is -2.39. The van der Waals surface area contributed by atoms with Gasteiger partial charge in [0.05, 0.1) is 11.9 Å². The van der Waals surface area contributed by atoms with E-state index in [9.17, 15) is 4.79 Å². The Bertz CT molecular complexity index is 998. The van der Waals surface area contributed by atoms with Crippen LogP contribution < -0.4 is 10.2 Å². The molecule has 0 bridgehead atoms. The van der Waals surface area contributed by atoms with Gasteiger partial charge in [-0.15, -0.1) is 5.10 Å². The fraction of sp³-hybridized carbons (Fsp3) is 0.353. The minimum absolute atomic E-state index is 0.0582. The summed E-state index contributed by atoms with van der Waals surface area (Å²) in [5, 5.41) is 16.7. The third kappa shape index (κ3) is 3.09. The minimum atomic E-state index is -0.136. The summed E-state index contributed by atoms with van der Waals surface area (Å²) in [6.07, 6.45) is 6.14. The number of carbonyl (C=O) groups excluding carboxylic acids is 1. The molecular formula is C17H18N8O. The van der Waals surface area contributed by atoms with Gasteiger partial charge in [-0.3, -0.25) is 4.79 Å². The van der Waals surface area contributed by atoms with Crippen molar-refractivity contribution >= 4 is 22.6 Å². The topological polar surface area (TPSA) is 105 Å². The zero-order chi connectivity index (χ0) is 18.1. The number of nitriles is 1. The molecule has 0 saturated carbocycles. The summed E-state index contributed by atoms with van der Waals surface area (Å²) in [5.74, 6) is -0.0727. The van der Waals surface area contributed by atoms with Crippen molar-refractivity contribution in [3.05, 3.63) is 36.7 Å². The number of carbonyl (C=O) groups is 1. The highest BCUT2D eigenvalue weighted by Gasteiger charge is 2.24. The normalized spacial score (nSPS) is 16.8. The molecule has 132 valence electrons. The Morgan fingerprint density at radius 3 is 3.15 bits per heavy atom. The van der Waals surface area contributed by atoms with E-state index in [-0.39, 0.29) is 24.3 Å². The van der Waals surface area contributed by atoms with Crippen molar-refractivity contribution in [2.75, 3.05) is 18.0 Å². The Morgan fingerprint density at radius 1 is 1.46 bits per heavy atom. The van der Waals surface area contributed by atoms with Gasteiger partial charge in [-0.05, 0) is 18.6 Å². The smallest absolute Gasteiger partial charge is 0.252 e. The molecule has 1 aliphatic heterocycles. The molecule has 9 nitrogen and oxygen atoms in total. The number of hydrogen-bond acceptors (Lipinski definition) is 6. The first-order valence-electron chi connectivity index (χ1n) is 8.37. The number of rotatable bonds is 4.